The highest BCUT2D eigenvalue weighted by molar-refractivity contribution is 7.99. The molecule has 15 heavy (non-hydrogen) atoms. The molecule has 1 aliphatic heterocycles. The summed E-state index contributed by atoms with van der Waals surface area (Å²) in [5.74, 6) is 1.96. The molecule has 90 valence electrons. The molecule has 0 saturated carbocycles. The molecule has 1 fully saturated rings. The van der Waals surface area contributed by atoms with Gasteiger partial charge in [0.15, 0.2) is 0 Å². The Bertz CT molecular complexity index is 200. The second-order valence-corrected chi connectivity index (χ2v) is 5.90. The first-order valence-electron chi connectivity index (χ1n) is 5.08. The summed E-state index contributed by atoms with van der Waals surface area (Å²) < 4.78 is 0. The second-order valence-electron chi connectivity index (χ2n) is 4.87. The van der Waals surface area contributed by atoms with E-state index < -0.39 is 0 Å². The van der Waals surface area contributed by atoms with E-state index in [-0.39, 0.29) is 24.4 Å². The standard InChI is InChI=1S/C10H20N2OS.ClH/c1-10(2,3)4-5-11-9(13)8-6-14-7-12-8;/h8,12H,4-7H2,1-3H3,(H,11,13);1H. The highest BCUT2D eigenvalue weighted by Crippen LogP contribution is 2.17. The molecule has 0 spiro atoms. The van der Waals surface area contributed by atoms with Gasteiger partial charge in [0.25, 0.3) is 0 Å². The summed E-state index contributed by atoms with van der Waals surface area (Å²) >= 11 is 1.78. The number of thioether (sulfide) groups is 1. The number of halogens is 1. The fourth-order valence-corrected chi connectivity index (χ4v) is 2.19. The smallest absolute Gasteiger partial charge is 0.238 e. The molecule has 1 amide bonds. The molecule has 0 aliphatic carbocycles. The Morgan fingerprint density at radius 3 is 2.67 bits per heavy atom. The van der Waals surface area contributed by atoms with Crippen LogP contribution in [0.25, 0.3) is 0 Å². The molecule has 1 heterocycles. The van der Waals surface area contributed by atoms with Crippen molar-refractivity contribution in [2.75, 3.05) is 18.2 Å². The van der Waals surface area contributed by atoms with Crippen LogP contribution in [0.5, 0.6) is 0 Å². The Kier molecular flexibility index (Phi) is 6.64. The van der Waals surface area contributed by atoms with Crippen LogP contribution in [-0.2, 0) is 4.79 Å². The lowest BCUT2D eigenvalue weighted by Crippen LogP contribution is -2.42. The third-order valence-corrected chi connectivity index (χ3v) is 3.15. The summed E-state index contributed by atoms with van der Waals surface area (Å²) in [5.41, 5.74) is 0.297. The van der Waals surface area contributed by atoms with E-state index in [2.05, 4.69) is 31.4 Å². The molecule has 1 saturated heterocycles. The Hall–Kier alpha value is 0.0700. The number of hydrogen-bond acceptors (Lipinski definition) is 3. The molecule has 3 nitrogen and oxygen atoms in total. The molecule has 1 atom stereocenters. The van der Waals surface area contributed by atoms with Crippen LogP contribution in [-0.4, -0.2) is 30.1 Å². The van der Waals surface area contributed by atoms with Crippen LogP contribution in [0.3, 0.4) is 0 Å². The molecular weight excluding hydrogens is 232 g/mol. The first kappa shape index (κ1) is 15.1. The van der Waals surface area contributed by atoms with Gasteiger partial charge in [-0.25, -0.2) is 0 Å². The molecule has 5 heteroatoms. The van der Waals surface area contributed by atoms with Crippen molar-refractivity contribution in [2.45, 2.75) is 33.2 Å². The van der Waals surface area contributed by atoms with Gasteiger partial charge < -0.3 is 5.32 Å². The molecular formula is C10H21ClN2OS. The lowest BCUT2D eigenvalue weighted by Gasteiger charge is -2.19. The number of carbonyl (C=O) groups is 1. The van der Waals surface area contributed by atoms with Crippen molar-refractivity contribution >= 4 is 30.1 Å². The number of nitrogens with one attached hydrogen (secondary N) is 2. The zero-order valence-corrected chi connectivity index (χ0v) is 11.3. The van der Waals surface area contributed by atoms with Crippen LogP contribution in [0.15, 0.2) is 0 Å². The fraction of sp³-hybridized carbons (Fsp3) is 0.900. The van der Waals surface area contributed by atoms with Crippen molar-refractivity contribution in [1.82, 2.24) is 10.6 Å². The van der Waals surface area contributed by atoms with E-state index in [0.717, 1.165) is 24.6 Å². The molecule has 1 aliphatic rings. The summed E-state index contributed by atoms with van der Waals surface area (Å²) in [6, 6.07) is 0.0277. The first-order chi connectivity index (χ1) is 6.49. The highest BCUT2D eigenvalue weighted by atomic mass is 35.5. The topological polar surface area (TPSA) is 41.1 Å². The molecule has 0 bridgehead atoms. The lowest BCUT2D eigenvalue weighted by atomic mass is 9.92. The molecule has 1 rings (SSSR count). The third-order valence-electron chi connectivity index (χ3n) is 2.21. The first-order valence-corrected chi connectivity index (χ1v) is 6.23. The Labute approximate surface area is 103 Å². The van der Waals surface area contributed by atoms with Gasteiger partial charge in [0.2, 0.25) is 5.91 Å². The monoisotopic (exact) mass is 252 g/mol. The number of rotatable bonds is 3. The molecule has 0 aromatic heterocycles. The minimum atomic E-state index is 0. The van der Waals surface area contributed by atoms with Gasteiger partial charge in [0.05, 0.1) is 6.04 Å². The Morgan fingerprint density at radius 1 is 1.53 bits per heavy atom. The van der Waals surface area contributed by atoms with Gasteiger partial charge >= 0.3 is 0 Å². The zero-order chi connectivity index (χ0) is 10.6. The van der Waals surface area contributed by atoms with Gasteiger partial charge in [-0.15, -0.1) is 24.2 Å². The fourth-order valence-electron chi connectivity index (χ4n) is 1.25. The van der Waals surface area contributed by atoms with Crippen molar-refractivity contribution in [3.63, 3.8) is 0 Å². The lowest BCUT2D eigenvalue weighted by molar-refractivity contribution is -0.122. The summed E-state index contributed by atoms with van der Waals surface area (Å²) in [4.78, 5) is 11.5. The van der Waals surface area contributed by atoms with E-state index in [0.29, 0.717) is 5.41 Å². The Balaban J connectivity index is 0.00000196. The number of carbonyl (C=O) groups excluding carboxylic acids is 1. The van der Waals surface area contributed by atoms with Crippen LogP contribution < -0.4 is 10.6 Å². The molecule has 2 N–H and O–H groups in total. The van der Waals surface area contributed by atoms with Crippen LogP contribution in [0.4, 0.5) is 0 Å². The minimum absolute atomic E-state index is 0. The average Bonchev–Trinajstić information content (AvgIpc) is 2.53. The SMILES string of the molecule is CC(C)(C)CCNC(=O)C1CSCN1.Cl. The summed E-state index contributed by atoms with van der Waals surface area (Å²) in [6.45, 7) is 7.33. The average molecular weight is 253 g/mol. The number of amides is 1. The quantitative estimate of drug-likeness (QED) is 0.802. The van der Waals surface area contributed by atoms with Crippen LogP contribution in [0.2, 0.25) is 0 Å². The number of hydrogen-bond donors (Lipinski definition) is 2. The van der Waals surface area contributed by atoms with Gasteiger partial charge in [0.1, 0.15) is 0 Å². The van der Waals surface area contributed by atoms with Gasteiger partial charge in [-0.2, -0.15) is 0 Å². The highest BCUT2D eigenvalue weighted by Gasteiger charge is 2.22. The summed E-state index contributed by atoms with van der Waals surface area (Å²) in [7, 11) is 0. The van der Waals surface area contributed by atoms with Gasteiger partial charge in [0, 0.05) is 18.2 Å². The second kappa shape index (κ2) is 6.61. The van der Waals surface area contributed by atoms with Crippen LogP contribution >= 0.6 is 24.2 Å². The zero-order valence-electron chi connectivity index (χ0n) is 9.63. The van der Waals surface area contributed by atoms with E-state index in [1.54, 1.807) is 11.8 Å². The van der Waals surface area contributed by atoms with E-state index >= 15 is 0 Å². The maximum atomic E-state index is 11.5. The predicted molar refractivity (Wildman–Crippen MR) is 68.6 cm³/mol. The molecule has 1 unspecified atom stereocenters. The molecule has 0 radical (unpaired) electrons. The summed E-state index contributed by atoms with van der Waals surface area (Å²) in [5, 5.41) is 6.12. The molecule has 0 aromatic rings. The maximum absolute atomic E-state index is 11.5. The minimum Gasteiger partial charge on any atom is -0.355 e. The summed E-state index contributed by atoms with van der Waals surface area (Å²) in [6.07, 6.45) is 1.03. The van der Waals surface area contributed by atoms with E-state index in [1.807, 2.05) is 0 Å². The van der Waals surface area contributed by atoms with Crippen molar-refractivity contribution in [1.29, 1.82) is 0 Å². The van der Waals surface area contributed by atoms with E-state index in [4.69, 9.17) is 0 Å². The van der Waals surface area contributed by atoms with E-state index in [1.165, 1.54) is 0 Å². The predicted octanol–water partition coefficient (Wildman–Crippen LogP) is 1.62. The van der Waals surface area contributed by atoms with Gasteiger partial charge in [-0.1, -0.05) is 20.8 Å². The van der Waals surface area contributed by atoms with Crippen molar-refractivity contribution in [3.8, 4) is 0 Å². The maximum Gasteiger partial charge on any atom is 0.238 e. The normalized spacial score (nSPS) is 20.9. The largest absolute Gasteiger partial charge is 0.355 e. The van der Waals surface area contributed by atoms with E-state index in [9.17, 15) is 4.79 Å². The third kappa shape index (κ3) is 6.28. The van der Waals surface area contributed by atoms with Crippen molar-refractivity contribution < 1.29 is 4.79 Å². The molecule has 0 aromatic carbocycles. The van der Waals surface area contributed by atoms with Gasteiger partial charge in [-0.3, -0.25) is 10.1 Å². The van der Waals surface area contributed by atoms with Gasteiger partial charge in [-0.05, 0) is 11.8 Å². The Morgan fingerprint density at radius 2 is 2.20 bits per heavy atom. The van der Waals surface area contributed by atoms with Crippen molar-refractivity contribution in [2.24, 2.45) is 5.41 Å². The van der Waals surface area contributed by atoms with Crippen LogP contribution in [0, 0.1) is 5.41 Å². The van der Waals surface area contributed by atoms with Crippen LogP contribution in [0.1, 0.15) is 27.2 Å². The van der Waals surface area contributed by atoms with Crippen molar-refractivity contribution in [3.05, 3.63) is 0 Å².